The molecule has 0 saturated carbocycles. The van der Waals surface area contributed by atoms with E-state index in [-0.39, 0.29) is 17.3 Å². The zero-order valence-electron chi connectivity index (χ0n) is 35.8. The van der Waals surface area contributed by atoms with Crippen molar-refractivity contribution in [3.8, 4) is 0 Å². The molecule has 0 fully saturated rings. The van der Waals surface area contributed by atoms with Gasteiger partial charge in [0.25, 0.3) is 0 Å². The van der Waals surface area contributed by atoms with Crippen molar-refractivity contribution < 1.29 is 14.3 Å². The van der Waals surface area contributed by atoms with Gasteiger partial charge in [-0.15, -0.1) is 0 Å². The van der Waals surface area contributed by atoms with Gasteiger partial charge in [-0.25, -0.2) is 0 Å². The van der Waals surface area contributed by atoms with Crippen LogP contribution in [0.3, 0.4) is 0 Å². The van der Waals surface area contributed by atoms with E-state index in [9.17, 15) is 0 Å². The molecule has 0 saturated heterocycles. The highest BCUT2D eigenvalue weighted by Gasteiger charge is 2.22. The molecular formula is C46H93NO3. The van der Waals surface area contributed by atoms with Gasteiger partial charge in [0.2, 0.25) is 0 Å². The van der Waals surface area contributed by atoms with Gasteiger partial charge in [-0.2, -0.15) is 0 Å². The van der Waals surface area contributed by atoms with Crippen LogP contribution in [0.4, 0.5) is 0 Å². The third kappa shape index (κ3) is 35.8. The summed E-state index contributed by atoms with van der Waals surface area (Å²) in [7, 11) is 1.77. The molecule has 0 amide bonds. The molecule has 4 heteroatoms. The van der Waals surface area contributed by atoms with E-state index < -0.39 is 0 Å². The van der Waals surface area contributed by atoms with E-state index in [0.29, 0.717) is 6.61 Å². The molecule has 0 aromatic rings. The van der Waals surface area contributed by atoms with Gasteiger partial charge in [-0.3, -0.25) is 0 Å². The van der Waals surface area contributed by atoms with Crippen LogP contribution in [0, 0.1) is 0 Å². The first-order valence-electron chi connectivity index (χ1n) is 22.5. The highest BCUT2D eigenvalue weighted by atomic mass is 16.6. The molecule has 0 rings (SSSR count). The first-order valence-corrected chi connectivity index (χ1v) is 22.5. The summed E-state index contributed by atoms with van der Waals surface area (Å²) in [6, 6.07) is 0. The van der Waals surface area contributed by atoms with Crippen molar-refractivity contribution in [2.75, 3.05) is 13.7 Å². The fraction of sp³-hybridized carbons (Fsp3) is 0.978. The summed E-state index contributed by atoms with van der Waals surface area (Å²) < 4.78 is 11.8. The lowest BCUT2D eigenvalue weighted by Gasteiger charge is -2.29. The van der Waals surface area contributed by atoms with Gasteiger partial charge in [0.15, 0.2) is 0 Å². The van der Waals surface area contributed by atoms with Crippen molar-refractivity contribution in [1.29, 1.82) is 0 Å². The normalized spacial score (nSPS) is 12.8. The predicted molar refractivity (Wildman–Crippen MR) is 223 cm³/mol. The summed E-state index contributed by atoms with van der Waals surface area (Å²) >= 11 is 0. The highest BCUT2D eigenvalue weighted by molar-refractivity contribution is 5.81. The van der Waals surface area contributed by atoms with Crippen molar-refractivity contribution in [3.63, 3.8) is 0 Å². The third-order valence-electron chi connectivity index (χ3n) is 11.0. The molecule has 0 aromatic heterocycles. The Morgan fingerprint density at radius 1 is 0.480 bits per heavy atom. The van der Waals surface area contributed by atoms with Gasteiger partial charge in [0.1, 0.15) is 6.10 Å². The zero-order valence-corrected chi connectivity index (χ0v) is 35.8. The molecule has 0 heterocycles. The Bertz CT molecular complexity index is 686. The number of hydrogen-bond donors (Lipinski definition) is 0. The van der Waals surface area contributed by atoms with Crippen LogP contribution in [-0.4, -0.2) is 36.7 Å². The van der Waals surface area contributed by atoms with E-state index in [4.69, 9.17) is 14.3 Å². The van der Waals surface area contributed by atoms with E-state index in [1.54, 1.807) is 7.11 Å². The van der Waals surface area contributed by atoms with E-state index in [0.717, 1.165) is 37.8 Å². The lowest BCUT2D eigenvalue weighted by Crippen LogP contribution is -2.30. The molecule has 0 radical (unpaired) electrons. The summed E-state index contributed by atoms with van der Waals surface area (Å²) in [5.74, 6) is 0. The van der Waals surface area contributed by atoms with Gasteiger partial charge in [0.05, 0.1) is 23.5 Å². The van der Waals surface area contributed by atoms with Crippen LogP contribution in [0.2, 0.25) is 0 Å². The summed E-state index contributed by atoms with van der Waals surface area (Å²) in [5.41, 5.74) is 0.768. The molecule has 0 aliphatic rings. The largest absolute Gasteiger partial charge is 0.393 e. The Balaban J connectivity index is 4.37. The minimum Gasteiger partial charge on any atom is -0.393 e. The SMILES string of the molecule is CCCCCCCCCCCCCCCCC(CCCCCCCCCCCCCCCC)O/N=C(\C)CCC(C)(C)OCCC(C)(C)OC. The molecule has 0 unspecified atom stereocenters. The second-order valence-electron chi connectivity index (χ2n) is 17.1. The monoisotopic (exact) mass is 708 g/mol. The fourth-order valence-electron chi connectivity index (χ4n) is 6.82. The average Bonchev–Trinajstić information content (AvgIpc) is 3.09. The summed E-state index contributed by atoms with van der Waals surface area (Å²) in [5, 5.41) is 4.67. The Morgan fingerprint density at radius 2 is 0.820 bits per heavy atom. The van der Waals surface area contributed by atoms with Gasteiger partial charge < -0.3 is 14.3 Å². The first-order chi connectivity index (χ1) is 24.2. The molecule has 50 heavy (non-hydrogen) atoms. The fourth-order valence-corrected chi connectivity index (χ4v) is 6.82. The zero-order chi connectivity index (χ0) is 37.0. The summed E-state index contributed by atoms with van der Waals surface area (Å²) in [4.78, 5) is 6.27. The van der Waals surface area contributed by atoms with Crippen molar-refractivity contribution in [2.24, 2.45) is 5.16 Å². The standard InChI is InChI=1S/C46H93NO3/c1-9-11-13-15-17-19-21-23-25-27-29-31-33-35-37-44(38-36-34-32-30-28-26-24-22-20-18-16-14-12-10-2)50-47-43(3)39-40-46(6,7)49-42-41-45(4,5)48-8/h44H,9-42H2,1-8H3/b47-43+. The number of oxime groups is 1. The summed E-state index contributed by atoms with van der Waals surface area (Å²) in [6.45, 7) is 16.1. The Morgan fingerprint density at radius 3 is 1.16 bits per heavy atom. The van der Waals surface area contributed by atoms with Crippen molar-refractivity contribution in [1.82, 2.24) is 0 Å². The van der Waals surface area contributed by atoms with Crippen LogP contribution in [0.15, 0.2) is 5.16 Å². The van der Waals surface area contributed by atoms with E-state index in [1.807, 2.05) is 0 Å². The minimum atomic E-state index is -0.178. The second kappa shape index (κ2) is 35.4. The van der Waals surface area contributed by atoms with E-state index in [2.05, 4.69) is 53.6 Å². The molecule has 0 aliphatic heterocycles. The number of unbranched alkanes of at least 4 members (excludes halogenated alkanes) is 26. The van der Waals surface area contributed by atoms with E-state index >= 15 is 0 Å². The van der Waals surface area contributed by atoms with Crippen LogP contribution in [0.25, 0.3) is 0 Å². The molecule has 0 spiro atoms. The van der Waals surface area contributed by atoms with Crippen LogP contribution in [0.1, 0.15) is 260 Å². The molecule has 0 N–H and O–H groups in total. The molecule has 300 valence electrons. The lowest BCUT2D eigenvalue weighted by atomic mass is 10.00. The van der Waals surface area contributed by atoms with Crippen molar-refractivity contribution >= 4 is 5.71 Å². The third-order valence-corrected chi connectivity index (χ3v) is 11.0. The Labute approximate surface area is 315 Å². The van der Waals surface area contributed by atoms with Gasteiger partial charge in [-0.05, 0) is 79.6 Å². The van der Waals surface area contributed by atoms with Gasteiger partial charge >= 0.3 is 0 Å². The van der Waals surface area contributed by atoms with Gasteiger partial charge in [0, 0.05) is 7.11 Å². The quantitative estimate of drug-likeness (QED) is 0.0362. The van der Waals surface area contributed by atoms with Crippen LogP contribution in [0.5, 0.6) is 0 Å². The maximum absolute atomic E-state index is 6.27. The number of hydrogen-bond acceptors (Lipinski definition) is 4. The molecule has 0 aliphatic carbocycles. The van der Waals surface area contributed by atoms with E-state index in [1.165, 1.54) is 180 Å². The Hall–Kier alpha value is -0.610. The Kier molecular flexibility index (Phi) is 35.0. The first kappa shape index (κ1) is 49.4. The summed E-state index contributed by atoms with van der Waals surface area (Å²) in [6.07, 6.45) is 44.7. The van der Waals surface area contributed by atoms with Crippen molar-refractivity contribution in [3.05, 3.63) is 0 Å². The molecular weight excluding hydrogens is 615 g/mol. The van der Waals surface area contributed by atoms with Crippen LogP contribution >= 0.6 is 0 Å². The number of nitrogens with zero attached hydrogens (tertiary/aromatic N) is 1. The molecule has 0 aromatic carbocycles. The van der Waals surface area contributed by atoms with Crippen molar-refractivity contribution in [2.45, 2.75) is 278 Å². The molecule has 0 atom stereocenters. The predicted octanol–water partition coefficient (Wildman–Crippen LogP) is 15.9. The minimum absolute atomic E-state index is 0.143. The smallest absolute Gasteiger partial charge is 0.127 e. The second-order valence-corrected chi connectivity index (χ2v) is 17.1. The topological polar surface area (TPSA) is 40.0 Å². The number of rotatable bonds is 40. The van der Waals surface area contributed by atoms with Crippen LogP contribution < -0.4 is 0 Å². The highest BCUT2D eigenvalue weighted by Crippen LogP contribution is 2.22. The van der Waals surface area contributed by atoms with Crippen LogP contribution in [-0.2, 0) is 14.3 Å². The van der Waals surface area contributed by atoms with Gasteiger partial charge in [-0.1, -0.05) is 186 Å². The maximum Gasteiger partial charge on any atom is 0.127 e. The molecule has 4 nitrogen and oxygen atoms in total. The number of ether oxygens (including phenoxy) is 2. The lowest BCUT2D eigenvalue weighted by molar-refractivity contribution is -0.0604. The number of methoxy groups -OCH3 is 1. The molecule has 0 bridgehead atoms. The maximum atomic E-state index is 6.27. The average molecular weight is 708 g/mol.